The molecular weight excluding hydrogens is 204 g/mol. The van der Waals surface area contributed by atoms with Crippen molar-refractivity contribution in [1.29, 1.82) is 0 Å². The van der Waals surface area contributed by atoms with Crippen molar-refractivity contribution in [2.75, 3.05) is 20.8 Å². The van der Waals surface area contributed by atoms with E-state index in [2.05, 4.69) is 0 Å². The summed E-state index contributed by atoms with van der Waals surface area (Å²) in [7, 11) is 3.28. The quantitative estimate of drug-likeness (QED) is 0.852. The molecule has 0 bridgehead atoms. The molecule has 0 unspecified atom stereocenters. The zero-order valence-electron chi connectivity index (χ0n) is 10.6. The molecule has 3 nitrogen and oxygen atoms in total. The van der Waals surface area contributed by atoms with Crippen molar-refractivity contribution in [3.05, 3.63) is 23.3 Å². The van der Waals surface area contributed by atoms with Crippen molar-refractivity contribution in [3.8, 4) is 11.5 Å². The van der Waals surface area contributed by atoms with E-state index in [9.17, 15) is 5.11 Å². The highest BCUT2D eigenvalue weighted by atomic mass is 16.5. The molecule has 3 heteroatoms. The Kier molecular flexibility index (Phi) is 3.81. The molecule has 1 rings (SSSR count). The van der Waals surface area contributed by atoms with Crippen LogP contribution in [-0.2, 0) is 5.41 Å². The van der Waals surface area contributed by atoms with Crippen molar-refractivity contribution in [1.82, 2.24) is 0 Å². The van der Waals surface area contributed by atoms with Crippen LogP contribution in [0.4, 0.5) is 0 Å². The lowest BCUT2D eigenvalue weighted by Gasteiger charge is -2.27. The Morgan fingerprint density at radius 1 is 1.12 bits per heavy atom. The zero-order valence-corrected chi connectivity index (χ0v) is 10.6. The van der Waals surface area contributed by atoms with Crippen molar-refractivity contribution in [2.45, 2.75) is 26.2 Å². The van der Waals surface area contributed by atoms with Gasteiger partial charge in [0.05, 0.1) is 20.8 Å². The van der Waals surface area contributed by atoms with Crippen LogP contribution in [0.2, 0.25) is 0 Å². The first kappa shape index (κ1) is 12.8. The van der Waals surface area contributed by atoms with Crippen molar-refractivity contribution < 1.29 is 14.6 Å². The number of aliphatic hydroxyl groups excluding tert-OH is 1. The van der Waals surface area contributed by atoms with Gasteiger partial charge in [0.2, 0.25) is 0 Å². The van der Waals surface area contributed by atoms with E-state index in [1.54, 1.807) is 14.2 Å². The van der Waals surface area contributed by atoms with Gasteiger partial charge < -0.3 is 14.6 Å². The molecule has 0 aromatic heterocycles. The van der Waals surface area contributed by atoms with Gasteiger partial charge in [0.1, 0.15) is 11.5 Å². The average Bonchev–Trinajstić information content (AvgIpc) is 2.28. The fraction of sp³-hybridized carbons (Fsp3) is 0.538. The normalized spacial score (nSPS) is 11.4. The minimum Gasteiger partial charge on any atom is -0.496 e. The van der Waals surface area contributed by atoms with Gasteiger partial charge in [0, 0.05) is 11.0 Å². The Hall–Kier alpha value is -1.22. The fourth-order valence-electron chi connectivity index (χ4n) is 1.98. The van der Waals surface area contributed by atoms with E-state index < -0.39 is 0 Å². The first-order valence-corrected chi connectivity index (χ1v) is 5.31. The van der Waals surface area contributed by atoms with Gasteiger partial charge in [-0.1, -0.05) is 13.8 Å². The second-order valence-corrected chi connectivity index (χ2v) is 4.51. The SMILES string of the molecule is COc1ccc(OC)c(C(C)(C)CO)c1C. The number of rotatable bonds is 4. The van der Waals surface area contributed by atoms with Gasteiger partial charge in [-0.25, -0.2) is 0 Å². The molecule has 0 saturated carbocycles. The third kappa shape index (κ3) is 2.14. The summed E-state index contributed by atoms with van der Waals surface area (Å²) in [4.78, 5) is 0. The van der Waals surface area contributed by atoms with Crippen LogP contribution in [0.25, 0.3) is 0 Å². The predicted molar refractivity (Wildman–Crippen MR) is 64.4 cm³/mol. The molecule has 90 valence electrons. The van der Waals surface area contributed by atoms with E-state index in [0.717, 1.165) is 22.6 Å². The number of hydrogen-bond donors (Lipinski definition) is 1. The summed E-state index contributed by atoms with van der Waals surface area (Å²) in [5.41, 5.74) is 1.67. The van der Waals surface area contributed by atoms with E-state index in [0.29, 0.717) is 0 Å². The zero-order chi connectivity index (χ0) is 12.3. The number of methoxy groups -OCH3 is 2. The lowest BCUT2D eigenvalue weighted by atomic mass is 9.82. The van der Waals surface area contributed by atoms with Crippen LogP contribution in [0.15, 0.2) is 12.1 Å². The Balaban J connectivity index is 3.43. The first-order valence-electron chi connectivity index (χ1n) is 5.31. The topological polar surface area (TPSA) is 38.7 Å². The molecular formula is C13H20O3. The number of hydrogen-bond acceptors (Lipinski definition) is 3. The largest absolute Gasteiger partial charge is 0.496 e. The summed E-state index contributed by atoms with van der Waals surface area (Å²) in [6.07, 6.45) is 0. The fourth-order valence-corrected chi connectivity index (χ4v) is 1.98. The molecule has 1 aromatic rings. The minimum atomic E-state index is -0.343. The molecule has 0 radical (unpaired) electrons. The van der Waals surface area contributed by atoms with Crippen molar-refractivity contribution >= 4 is 0 Å². The molecule has 0 amide bonds. The van der Waals surface area contributed by atoms with E-state index in [4.69, 9.17) is 9.47 Å². The summed E-state index contributed by atoms with van der Waals surface area (Å²) in [5, 5.41) is 9.46. The van der Waals surface area contributed by atoms with Gasteiger partial charge in [-0.2, -0.15) is 0 Å². The van der Waals surface area contributed by atoms with E-state index >= 15 is 0 Å². The highest BCUT2D eigenvalue weighted by Gasteiger charge is 2.27. The van der Waals surface area contributed by atoms with Gasteiger partial charge in [-0.15, -0.1) is 0 Å². The van der Waals surface area contributed by atoms with Crippen molar-refractivity contribution in [2.24, 2.45) is 0 Å². The van der Waals surface area contributed by atoms with Crippen LogP contribution in [0.5, 0.6) is 11.5 Å². The lowest BCUT2D eigenvalue weighted by molar-refractivity contribution is 0.213. The van der Waals surface area contributed by atoms with E-state index in [-0.39, 0.29) is 12.0 Å². The highest BCUT2D eigenvalue weighted by Crippen LogP contribution is 2.38. The standard InChI is InChI=1S/C13H20O3/c1-9-10(15-4)6-7-11(16-5)12(9)13(2,3)8-14/h6-7,14H,8H2,1-5H3. The molecule has 0 heterocycles. The summed E-state index contributed by atoms with van der Waals surface area (Å²) < 4.78 is 10.6. The molecule has 0 aliphatic carbocycles. The van der Waals surface area contributed by atoms with E-state index in [1.165, 1.54) is 0 Å². The second kappa shape index (κ2) is 4.74. The number of aliphatic hydroxyl groups is 1. The molecule has 1 aromatic carbocycles. The van der Waals surface area contributed by atoms with Crippen LogP contribution in [0.3, 0.4) is 0 Å². The molecule has 0 spiro atoms. The molecule has 0 aliphatic heterocycles. The minimum absolute atomic E-state index is 0.0668. The van der Waals surface area contributed by atoms with Gasteiger partial charge in [-0.05, 0) is 24.6 Å². The maximum Gasteiger partial charge on any atom is 0.123 e. The monoisotopic (exact) mass is 224 g/mol. The van der Waals surface area contributed by atoms with Gasteiger partial charge in [-0.3, -0.25) is 0 Å². The lowest BCUT2D eigenvalue weighted by Crippen LogP contribution is -2.24. The molecule has 0 atom stereocenters. The van der Waals surface area contributed by atoms with Crippen LogP contribution in [0, 0.1) is 6.92 Å². The number of ether oxygens (including phenoxy) is 2. The molecule has 0 saturated heterocycles. The van der Waals surface area contributed by atoms with Crippen LogP contribution >= 0.6 is 0 Å². The maximum absolute atomic E-state index is 9.46. The van der Waals surface area contributed by atoms with Crippen LogP contribution < -0.4 is 9.47 Å². The van der Waals surface area contributed by atoms with Gasteiger partial charge >= 0.3 is 0 Å². The molecule has 0 fully saturated rings. The second-order valence-electron chi connectivity index (χ2n) is 4.51. The third-order valence-electron chi connectivity index (χ3n) is 2.89. The Labute approximate surface area is 97.0 Å². The smallest absolute Gasteiger partial charge is 0.123 e. The Morgan fingerprint density at radius 3 is 2.06 bits per heavy atom. The summed E-state index contributed by atoms with van der Waals surface area (Å²) >= 11 is 0. The summed E-state index contributed by atoms with van der Waals surface area (Å²) in [6.45, 7) is 6.01. The highest BCUT2D eigenvalue weighted by molar-refractivity contribution is 5.51. The van der Waals surface area contributed by atoms with Gasteiger partial charge in [0.25, 0.3) is 0 Å². The van der Waals surface area contributed by atoms with Crippen LogP contribution in [-0.4, -0.2) is 25.9 Å². The molecule has 16 heavy (non-hydrogen) atoms. The maximum atomic E-state index is 9.46. The van der Waals surface area contributed by atoms with Crippen molar-refractivity contribution in [3.63, 3.8) is 0 Å². The van der Waals surface area contributed by atoms with Gasteiger partial charge in [0.15, 0.2) is 0 Å². The predicted octanol–water partition coefficient (Wildman–Crippen LogP) is 2.28. The summed E-state index contributed by atoms with van der Waals surface area (Å²) in [6, 6.07) is 3.75. The number of benzene rings is 1. The summed E-state index contributed by atoms with van der Waals surface area (Å²) in [5.74, 6) is 1.61. The first-order chi connectivity index (χ1) is 7.47. The Morgan fingerprint density at radius 2 is 1.62 bits per heavy atom. The van der Waals surface area contributed by atoms with Crippen LogP contribution in [0.1, 0.15) is 25.0 Å². The molecule has 0 aliphatic rings. The third-order valence-corrected chi connectivity index (χ3v) is 2.89. The Bertz CT molecular complexity index is 370. The van der Waals surface area contributed by atoms with E-state index in [1.807, 2.05) is 32.9 Å². The molecule has 1 N–H and O–H groups in total. The average molecular weight is 224 g/mol.